The second-order valence-electron chi connectivity index (χ2n) is 5.70. The highest BCUT2D eigenvalue weighted by Crippen LogP contribution is 2.19. The minimum absolute atomic E-state index is 0.222. The van der Waals surface area contributed by atoms with Crippen molar-refractivity contribution in [2.45, 2.75) is 13.5 Å². The zero-order valence-electron chi connectivity index (χ0n) is 13.4. The average Bonchev–Trinajstić information content (AvgIpc) is 3.07. The minimum Gasteiger partial charge on any atom is -0.294 e. The molecule has 0 amide bonds. The molecule has 1 N–H and O–H groups in total. The quantitative estimate of drug-likeness (QED) is 0.603. The third-order valence-electron chi connectivity index (χ3n) is 3.93. The number of nitrogens with zero attached hydrogens (tertiary/aromatic N) is 5. The molecule has 0 atom stereocenters. The van der Waals surface area contributed by atoms with Crippen LogP contribution >= 0.6 is 0 Å². The standard InChI is InChI=1S/C17H14N6O2/c1-11-8-22(17(25)19-16(11)24)9-12-10-23(21-20-12)15-6-7-18-14-5-3-2-4-13(14)15/h2-8,10H,9H2,1H3,(H,19,24,25). The first-order valence-corrected chi connectivity index (χ1v) is 7.67. The molecule has 3 heterocycles. The molecule has 0 fully saturated rings. The Morgan fingerprint density at radius 1 is 1.12 bits per heavy atom. The largest absolute Gasteiger partial charge is 0.328 e. The number of pyridine rings is 1. The van der Waals surface area contributed by atoms with Crippen molar-refractivity contribution in [1.82, 2.24) is 29.5 Å². The molecule has 4 rings (SSSR count). The van der Waals surface area contributed by atoms with Gasteiger partial charge in [-0.1, -0.05) is 23.4 Å². The lowest BCUT2D eigenvalue weighted by molar-refractivity contribution is 0.695. The van der Waals surface area contributed by atoms with E-state index in [-0.39, 0.29) is 12.1 Å². The maximum absolute atomic E-state index is 11.9. The minimum atomic E-state index is -0.473. The molecule has 8 nitrogen and oxygen atoms in total. The van der Waals surface area contributed by atoms with Gasteiger partial charge >= 0.3 is 5.69 Å². The van der Waals surface area contributed by atoms with Gasteiger partial charge in [-0.3, -0.25) is 19.3 Å². The van der Waals surface area contributed by atoms with Crippen LogP contribution in [0.2, 0.25) is 0 Å². The van der Waals surface area contributed by atoms with Crippen molar-refractivity contribution in [1.29, 1.82) is 0 Å². The topological polar surface area (TPSA) is 98.5 Å². The number of aryl methyl sites for hydroxylation is 1. The van der Waals surface area contributed by atoms with E-state index in [1.165, 1.54) is 10.8 Å². The predicted molar refractivity (Wildman–Crippen MR) is 91.8 cm³/mol. The van der Waals surface area contributed by atoms with Gasteiger partial charge in [-0.2, -0.15) is 0 Å². The Morgan fingerprint density at radius 2 is 1.96 bits per heavy atom. The molecule has 0 aliphatic heterocycles. The van der Waals surface area contributed by atoms with Crippen molar-refractivity contribution in [2.24, 2.45) is 0 Å². The third kappa shape index (κ3) is 2.74. The molecule has 25 heavy (non-hydrogen) atoms. The number of nitrogens with one attached hydrogen (secondary N) is 1. The highest BCUT2D eigenvalue weighted by molar-refractivity contribution is 5.86. The van der Waals surface area contributed by atoms with E-state index in [4.69, 9.17) is 0 Å². The van der Waals surface area contributed by atoms with Gasteiger partial charge in [0.2, 0.25) is 0 Å². The summed E-state index contributed by atoms with van der Waals surface area (Å²) in [6.07, 6.45) is 4.99. The molecule has 124 valence electrons. The van der Waals surface area contributed by atoms with Gasteiger partial charge in [-0.05, 0) is 19.1 Å². The van der Waals surface area contributed by atoms with Gasteiger partial charge in [0.15, 0.2) is 0 Å². The second-order valence-corrected chi connectivity index (χ2v) is 5.70. The number of fused-ring (bicyclic) bond motifs is 1. The lowest BCUT2D eigenvalue weighted by Gasteiger charge is -2.04. The summed E-state index contributed by atoms with van der Waals surface area (Å²) < 4.78 is 3.05. The van der Waals surface area contributed by atoms with E-state index in [1.54, 1.807) is 24.0 Å². The number of hydrogen-bond acceptors (Lipinski definition) is 5. The van der Waals surface area contributed by atoms with Gasteiger partial charge in [0.25, 0.3) is 5.56 Å². The summed E-state index contributed by atoms with van der Waals surface area (Å²) in [5.74, 6) is 0. The Kier molecular flexibility index (Phi) is 3.50. The van der Waals surface area contributed by atoms with Crippen molar-refractivity contribution < 1.29 is 0 Å². The number of aromatic amines is 1. The molecule has 0 bridgehead atoms. The highest BCUT2D eigenvalue weighted by Gasteiger charge is 2.09. The van der Waals surface area contributed by atoms with Crippen LogP contribution in [0.1, 0.15) is 11.3 Å². The molecule has 4 aromatic rings. The SMILES string of the molecule is Cc1cn(Cc2cn(-c3ccnc4ccccc34)nn2)c(=O)[nH]c1=O. The molecule has 0 saturated heterocycles. The first-order chi connectivity index (χ1) is 12.1. The van der Waals surface area contributed by atoms with Crippen molar-refractivity contribution in [3.8, 4) is 5.69 Å². The van der Waals surface area contributed by atoms with Crippen LogP contribution in [0.3, 0.4) is 0 Å². The molecule has 0 saturated carbocycles. The van der Waals surface area contributed by atoms with Gasteiger partial charge in [0.1, 0.15) is 5.69 Å². The van der Waals surface area contributed by atoms with Crippen molar-refractivity contribution in [2.75, 3.05) is 0 Å². The summed E-state index contributed by atoms with van der Waals surface area (Å²) in [7, 11) is 0. The Labute approximate surface area is 141 Å². The van der Waals surface area contributed by atoms with E-state index in [0.29, 0.717) is 11.3 Å². The molecule has 1 aromatic carbocycles. The zero-order chi connectivity index (χ0) is 17.4. The Balaban J connectivity index is 1.72. The lowest BCUT2D eigenvalue weighted by atomic mass is 10.2. The van der Waals surface area contributed by atoms with E-state index in [9.17, 15) is 9.59 Å². The summed E-state index contributed by atoms with van der Waals surface area (Å²) in [6.45, 7) is 1.87. The van der Waals surface area contributed by atoms with Crippen LogP contribution < -0.4 is 11.2 Å². The fourth-order valence-electron chi connectivity index (χ4n) is 2.68. The van der Waals surface area contributed by atoms with E-state index in [2.05, 4.69) is 20.3 Å². The first kappa shape index (κ1) is 15.0. The summed E-state index contributed by atoms with van der Waals surface area (Å²) >= 11 is 0. The maximum atomic E-state index is 11.9. The first-order valence-electron chi connectivity index (χ1n) is 7.67. The van der Waals surface area contributed by atoms with Crippen LogP contribution in [0.4, 0.5) is 0 Å². The maximum Gasteiger partial charge on any atom is 0.328 e. The normalized spacial score (nSPS) is 11.1. The van der Waals surface area contributed by atoms with Gasteiger partial charge in [-0.25, -0.2) is 9.48 Å². The summed E-state index contributed by atoms with van der Waals surface area (Å²) in [4.78, 5) is 30.0. The molecule has 8 heteroatoms. The summed E-state index contributed by atoms with van der Waals surface area (Å²) in [6, 6.07) is 9.62. The van der Waals surface area contributed by atoms with E-state index in [1.807, 2.05) is 30.3 Å². The van der Waals surface area contributed by atoms with Crippen molar-refractivity contribution >= 4 is 10.9 Å². The average molecular weight is 334 g/mol. The molecular formula is C17H14N6O2. The van der Waals surface area contributed by atoms with E-state index in [0.717, 1.165) is 16.6 Å². The molecule has 0 unspecified atom stereocenters. The van der Waals surface area contributed by atoms with E-state index >= 15 is 0 Å². The number of rotatable bonds is 3. The molecule has 0 radical (unpaired) electrons. The molecule has 0 spiro atoms. The summed E-state index contributed by atoms with van der Waals surface area (Å²) in [5.41, 5.74) is 1.94. The van der Waals surface area contributed by atoms with Gasteiger partial charge < -0.3 is 0 Å². The third-order valence-corrected chi connectivity index (χ3v) is 3.93. The molecule has 3 aromatic heterocycles. The number of hydrogen-bond donors (Lipinski definition) is 1. The van der Waals surface area contributed by atoms with Crippen LogP contribution in [0.15, 0.2) is 58.5 Å². The highest BCUT2D eigenvalue weighted by atomic mass is 16.2. The van der Waals surface area contributed by atoms with Crippen molar-refractivity contribution in [3.63, 3.8) is 0 Å². The van der Waals surface area contributed by atoms with Gasteiger partial charge in [0.05, 0.1) is 23.9 Å². The lowest BCUT2D eigenvalue weighted by Crippen LogP contribution is -2.31. The number of aromatic nitrogens is 6. The van der Waals surface area contributed by atoms with Crippen LogP contribution in [0, 0.1) is 6.92 Å². The molecular weight excluding hydrogens is 320 g/mol. The van der Waals surface area contributed by atoms with Crippen LogP contribution in [-0.2, 0) is 6.54 Å². The van der Waals surface area contributed by atoms with Crippen LogP contribution in [0.25, 0.3) is 16.6 Å². The number of para-hydroxylation sites is 1. The van der Waals surface area contributed by atoms with Crippen LogP contribution in [0.5, 0.6) is 0 Å². The van der Waals surface area contributed by atoms with Crippen LogP contribution in [-0.4, -0.2) is 29.5 Å². The number of H-pyrrole nitrogens is 1. The molecule has 0 aliphatic rings. The fraction of sp³-hybridized carbons (Fsp3) is 0.118. The van der Waals surface area contributed by atoms with E-state index < -0.39 is 5.69 Å². The molecule has 0 aliphatic carbocycles. The smallest absolute Gasteiger partial charge is 0.294 e. The monoisotopic (exact) mass is 334 g/mol. The Hall–Kier alpha value is -3.55. The number of benzene rings is 1. The van der Waals surface area contributed by atoms with Gasteiger partial charge in [0, 0.05) is 23.3 Å². The Morgan fingerprint density at radius 3 is 2.84 bits per heavy atom. The van der Waals surface area contributed by atoms with Gasteiger partial charge in [-0.15, -0.1) is 5.10 Å². The van der Waals surface area contributed by atoms with Crippen molar-refractivity contribution in [3.05, 3.63) is 81.0 Å². The summed E-state index contributed by atoms with van der Waals surface area (Å²) in [5, 5.41) is 9.24. The predicted octanol–water partition coefficient (Wildman–Crippen LogP) is 1.02. The zero-order valence-corrected chi connectivity index (χ0v) is 13.4. The fourth-order valence-corrected chi connectivity index (χ4v) is 2.68. The second kappa shape index (κ2) is 5.82. The Bertz CT molecular complexity index is 1180.